The van der Waals surface area contributed by atoms with Gasteiger partial charge in [-0.3, -0.25) is 9.78 Å². The predicted molar refractivity (Wildman–Crippen MR) is 136 cm³/mol. The quantitative estimate of drug-likeness (QED) is 0.445. The minimum absolute atomic E-state index is 0.0102. The SMILES string of the molecule is N#Cc1ccc2nccc(NCCc3ccc4cc(C(=O)N5CC[S+]([O-])CC5)ccc4c3)c2c1. The molecule has 0 unspecified atom stereocenters. The molecule has 0 radical (unpaired) electrons. The van der Waals surface area contributed by atoms with Crippen molar-refractivity contribution in [3.63, 3.8) is 0 Å². The molecule has 5 rings (SSSR count). The van der Waals surface area contributed by atoms with E-state index in [1.807, 2.05) is 36.4 Å². The largest absolute Gasteiger partial charge is 0.616 e. The van der Waals surface area contributed by atoms with E-state index >= 15 is 0 Å². The van der Waals surface area contributed by atoms with Gasteiger partial charge in [-0.05, 0) is 59.2 Å². The Morgan fingerprint density at radius 2 is 1.85 bits per heavy atom. The van der Waals surface area contributed by atoms with Gasteiger partial charge in [-0.1, -0.05) is 35.4 Å². The Labute approximate surface area is 201 Å². The summed E-state index contributed by atoms with van der Waals surface area (Å²) < 4.78 is 11.6. The first kappa shape index (κ1) is 22.2. The molecule has 1 N–H and O–H groups in total. The fourth-order valence-corrected chi connectivity index (χ4v) is 5.37. The second kappa shape index (κ2) is 9.72. The van der Waals surface area contributed by atoms with Crippen LogP contribution in [0, 0.1) is 11.3 Å². The molecular formula is C27H24N4O2S. The van der Waals surface area contributed by atoms with Gasteiger partial charge in [0.2, 0.25) is 0 Å². The second-order valence-corrected chi connectivity index (χ2v) is 10.1. The lowest BCUT2D eigenvalue weighted by Gasteiger charge is -2.28. The highest BCUT2D eigenvalue weighted by atomic mass is 32.2. The Morgan fingerprint density at radius 1 is 1.06 bits per heavy atom. The average Bonchev–Trinajstić information content (AvgIpc) is 2.88. The number of carbonyl (C=O) groups excluding carboxylic acids is 1. The van der Waals surface area contributed by atoms with Crippen LogP contribution in [0.2, 0.25) is 0 Å². The predicted octanol–water partition coefficient (Wildman–Crippen LogP) is 4.12. The molecule has 1 aliphatic rings. The van der Waals surface area contributed by atoms with E-state index in [4.69, 9.17) is 0 Å². The fraction of sp³-hybridized carbons (Fsp3) is 0.222. The van der Waals surface area contributed by atoms with Crippen LogP contribution in [0.3, 0.4) is 0 Å². The summed E-state index contributed by atoms with van der Waals surface area (Å²) in [6, 6.07) is 21.8. The maximum absolute atomic E-state index is 12.8. The number of nitrogens with zero attached hydrogens (tertiary/aromatic N) is 3. The Morgan fingerprint density at radius 3 is 2.68 bits per heavy atom. The van der Waals surface area contributed by atoms with Gasteiger partial charge in [0.25, 0.3) is 5.91 Å². The maximum Gasteiger partial charge on any atom is 0.254 e. The Bertz CT molecular complexity index is 1410. The third-order valence-electron chi connectivity index (χ3n) is 6.22. The molecule has 0 saturated carbocycles. The first-order valence-corrected chi connectivity index (χ1v) is 12.8. The zero-order valence-corrected chi connectivity index (χ0v) is 19.5. The molecule has 0 atom stereocenters. The lowest BCUT2D eigenvalue weighted by Crippen LogP contribution is -2.43. The van der Waals surface area contributed by atoms with Crippen molar-refractivity contribution in [3.8, 4) is 6.07 Å². The van der Waals surface area contributed by atoms with E-state index in [1.165, 1.54) is 5.56 Å². The van der Waals surface area contributed by atoms with E-state index in [1.54, 1.807) is 17.2 Å². The van der Waals surface area contributed by atoms with E-state index in [9.17, 15) is 14.6 Å². The molecule has 2 heterocycles. The summed E-state index contributed by atoms with van der Waals surface area (Å²) in [6.07, 6.45) is 2.61. The standard InChI is InChI=1S/C27H24N4O2S/c28-18-20-2-6-25-24(16-20)26(8-10-30-25)29-9-7-19-1-3-22-17-23(5-4-21(22)15-19)27(32)31-11-13-34(33)14-12-31/h1-6,8,10,15-17H,7,9,11-14H2,(H,29,30). The van der Waals surface area contributed by atoms with Crippen molar-refractivity contribution in [2.45, 2.75) is 6.42 Å². The summed E-state index contributed by atoms with van der Waals surface area (Å²) in [4.78, 5) is 19.0. The van der Waals surface area contributed by atoms with Crippen LogP contribution in [0.4, 0.5) is 5.69 Å². The highest BCUT2D eigenvalue weighted by Crippen LogP contribution is 2.24. The van der Waals surface area contributed by atoms with Gasteiger partial charge in [-0.15, -0.1) is 0 Å². The Balaban J connectivity index is 1.26. The minimum atomic E-state index is -0.798. The van der Waals surface area contributed by atoms with Crippen LogP contribution >= 0.6 is 0 Å². The highest BCUT2D eigenvalue weighted by Gasteiger charge is 2.24. The molecule has 4 aromatic rings. The first-order chi connectivity index (χ1) is 16.6. The number of rotatable bonds is 5. The molecule has 170 valence electrons. The van der Waals surface area contributed by atoms with Crippen molar-refractivity contribution in [3.05, 3.63) is 83.6 Å². The maximum atomic E-state index is 12.8. The van der Waals surface area contributed by atoms with Gasteiger partial charge >= 0.3 is 0 Å². The van der Waals surface area contributed by atoms with Crippen molar-refractivity contribution in [1.82, 2.24) is 9.88 Å². The molecule has 1 aromatic heterocycles. The molecule has 0 aliphatic carbocycles. The number of pyridine rings is 1. The first-order valence-electron chi connectivity index (χ1n) is 11.3. The lowest BCUT2D eigenvalue weighted by molar-refractivity contribution is 0.0770. The van der Waals surface area contributed by atoms with Crippen LogP contribution < -0.4 is 5.32 Å². The topological polar surface area (TPSA) is 92.1 Å². The van der Waals surface area contributed by atoms with Crippen LogP contribution in [0.25, 0.3) is 21.7 Å². The summed E-state index contributed by atoms with van der Waals surface area (Å²) in [6.45, 7) is 1.86. The zero-order chi connectivity index (χ0) is 23.5. The van der Waals surface area contributed by atoms with Crippen LogP contribution in [0.1, 0.15) is 21.5 Å². The van der Waals surface area contributed by atoms with E-state index in [2.05, 4.69) is 34.6 Å². The van der Waals surface area contributed by atoms with Gasteiger partial charge in [0.1, 0.15) is 11.5 Å². The zero-order valence-electron chi connectivity index (χ0n) is 18.7. The van der Waals surface area contributed by atoms with Crippen LogP contribution in [0.15, 0.2) is 66.9 Å². The fourth-order valence-electron chi connectivity index (χ4n) is 4.32. The number of nitriles is 1. The molecule has 1 aliphatic heterocycles. The number of benzene rings is 3. The van der Waals surface area contributed by atoms with Crippen molar-refractivity contribution in [1.29, 1.82) is 5.26 Å². The number of carbonyl (C=O) groups is 1. The summed E-state index contributed by atoms with van der Waals surface area (Å²) in [7, 11) is 0. The molecule has 34 heavy (non-hydrogen) atoms. The molecule has 3 aromatic carbocycles. The van der Waals surface area contributed by atoms with Gasteiger partial charge < -0.3 is 14.8 Å². The van der Waals surface area contributed by atoms with Crippen LogP contribution in [0.5, 0.6) is 0 Å². The third-order valence-corrected chi connectivity index (χ3v) is 7.49. The molecule has 1 fully saturated rings. The summed E-state index contributed by atoms with van der Waals surface area (Å²) in [5.41, 5.74) is 4.32. The molecule has 0 bridgehead atoms. The number of anilines is 1. The number of fused-ring (bicyclic) bond motifs is 2. The van der Waals surface area contributed by atoms with E-state index < -0.39 is 11.2 Å². The number of nitrogens with one attached hydrogen (secondary N) is 1. The summed E-state index contributed by atoms with van der Waals surface area (Å²) in [5, 5.41) is 15.8. The number of amides is 1. The molecule has 6 nitrogen and oxygen atoms in total. The van der Waals surface area contributed by atoms with Crippen molar-refractivity contribution in [2.75, 3.05) is 36.5 Å². The lowest BCUT2D eigenvalue weighted by atomic mass is 10.0. The van der Waals surface area contributed by atoms with Crippen molar-refractivity contribution >= 4 is 44.4 Å². The van der Waals surface area contributed by atoms with Gasteiger partial charge in [0, 0.05) is 29.4 Å². The normalized spacial score (nSPS) is 14.3. The van der Waals surface area contributed by atoms with E-state index in [0.717, 1.165) is 40.3 Å². The third kappa shape index (κ3) is 4.69. The molecule has 1 amide bonds. The second-order valence-electron chi connectivity index (χ2n) is 8.42. The molecule has 1 saturated heterocycles. The van der Waals surface area contributed by atoms with Gasteiger partial charge in [-0.25, -0.2) is 0 Å². The summed E-state index contributed by atoms with van der Waals surface area (Å²) >= 11 is -0.798. The molecular weight excluding hydrogens is 444 g/mol. The number of hydrogen-bond donors (Lipinski definition) is 1. The van der Waals surface area contributed by atoms with Crippen LogP contribution in [-0.2, 0) is 17.6 Å². The monoisotopic (exact) mass is 468 g/mol. The number of hydrogen-bond acceptors (Lipinski definition) is 5. The van der Waals surface area contributed by atoms with Crippen molar-refractivity contribution < 1.29 is 9.35 Å². The van der Waals surface area contributed by atoms with Gasteiger partial charge in [0.05, 0.1) is 30.2 Å². The average molecular weight is 469 g/mol. The molecule has 0 spiro atoms. The smallest absolute Gasteiger partial charge is 0.254 e. The van der Waals surface area contributed by atoms with Gasteiger partial charge in [-0.2, -0.15) is 5.26 Å². The van der Waals surface area contributed by atoms with E-state index in [-0.39, 0.29) is 5.91 Å². The number of aromatic nitrogens is 1. The highest BCUT2D eigenvalue weighted by molar-refractivity contribution is 7.91. The Hall–Kier alpha value is -3.60. The molecule has 7 heteroatoms. The van der Waals surface area contributed by atoms with Crippen LogP contribution in [-0.4, -0.2) is 51.5 Å². The van der Waals surface area contributed by atoms with Crippen molar-refractivity contribution in [2.24, 2.45) is 0 Å². The minimum Gasteiger partial charge on any atom is -0.616 e. The van der Waals surface area contributed by atoms with E-state index in [0.29, 0.717) is 35.7 Å². The summed E-state index contributed by atoms with van der Waals surface area (Å²) in [5.74, 6) is 1.13. The van der Waals surface area contributed by atoms with Gasteiger partial charge in [0.15, 0.2) is 0 Å². The Kier molecular flexibility index (Phi) is 6.35.